The van der Waals surface area contributed by atoms with Crippen LogP contribution >= 0.6 is 0 Å². The molecule has 5 rings (SSSR count). The van der Waals surface area contributed by atoms with Crippen molar-refractivity contribution in [2.75, 3.05) is 6.54 Å². The third-order valence-electron chi connectivity index (χ3n) is 5.67. The van der Waals surface area contributed by atoms with E-state index < -0.39 is 0 Å². The maximum absolute atomic E-state index is 13.0. The summed E-state index contributed by atoms with van der Waals surface area (Å²) in [5, 5.41) is 1.18. The van der Waals surface area contributed by atoms with Gasteiger partial charge >= 0.3 is 0 Å². The fourth-order valence-corrected chi connectivity index (χ4v) is 3.98. The largest absolute Gasteiger partial charge is 0.358 e. The Morgan fingerprint density at radius 2 is 1.72 bits per heavy atom. The number of pyridine rings is 2. The van der Waals surface area contributed by atoms with Crippen molar-refractivity contribution in [1.29, 1.82) is 0 Å². The van der Waals surface area contributed by atoms with Crippen LogP contribution in [0.4, 0.5) is 0 Å². The molecule has 0 spiro atoms. The molecule has 3 aromatic heterocycles. The number of nitrogens with one attached hydrogen (secondary N) is 1. The molecule has 0 atom stereocenters. The second-order valence-electron chi connectivity index (χ2n) is 7.70. The van der Waals surface area contributed by atoms with E-state index in [1.54, 1.807) is 6.20 Å². The van der Waals surface area contributed by atoms with E-state index in [9.17, 15) is 4.79 Å². The smallest absolute Gasteiger partial charge is 0.255 e. The van der Waals surface area contributed by atoms with Crippen LogP contribution < -0.4 is 0 Å². The zero-order chi connectivity index (χ0) is 20.0. The summed E-state index contributed by atoms with van der Waals surface area (Å²) < 4.78 is 0. The van der Waals surface area contributed by atoms with Crippen molar-refractivity contribution < 1.29 is 4.79 Å². The minimum atomic E-state index is 0.0383. The van der Waals surface area contributed by atoms with Crippen LogP contribution in [0, 0.1) is 13.8 Å². The number of amides is 1. The maximum atomic E-state index is 13.0. The van der Waals surface area contributed by atoms with Crippen LogP contribution in [0.15, 0.2) is 54.9 Å². The predicted molar refractivity (Wildman–Crippen MR) is 114 cm³/mol. The highest BCUT2D eigenvalue weighted by molar-refractivity contribution is 5.95. The zero-order valence-corrected chi connectivity index (χ0v) is 16.6. The lowest BCUT2D eigenvalue weighted by Gasteiger charge is -2.27. The topological polar surface area (TPSA) is 61.9 Å². The molecule has 0 fully saturated rings. The lowest BCUT2D eigenvalue weighted by molar-refractivity contribution is 0.0734. The molecule has 1 aliphatic heterocycles. The molecule has 144 valence electrons. The second-order valence-corrected chi connectivity index (χ2v) is 7.70. The molecular weight excluding hydrogens is 360 g/mol. The molecule has 4 heterocycles. The lowest BCUT2D eigenvalue weighted by Crippen LogP contribution is -2.35. The molecule has 5 nitrogen and oxygen atoms in total. The summed E-state index contributed by atoms with van der Waals surface area (Å²) in [4.78, 5) is 27.1. The summed E-state index contributed by atoms with van der Waals surface area (Å²) in [5.74, 6) is 0.0383. The average Bonchev–Trinajstić information content (AvgIpc) is 3.11. The first-order chi connectivity index (χ1) is 14.1. The Labute approximate surface area is 169 Å². The fourth-order valence-electron chi connectivity index (χ4n) is 3.98. The number of rotatable bonds is 2. The Bertz CT molecular complexity index is 1210. The summed E-state index contributed by atoms with van der Waals surface area (Å²) >= 11 is 0. The van der Waals surface area contributed by atoms with Gasteiger partial charge in [0.05, 0.1) is 5.56 Å². The molecule has 29 heavy (non-hydrogen) atoms. The number of H-pyrrole nitrogens is 1. The third kappa shape index (κ3) is 3.18. The molecule has 4 aromatic rings. The Balaban J connectivity index is 1.49. The Morgan fingerprint density at radius 3 is 2.45 bits per heavy atom. The number of carbonyl (C=O) groups excluding carboxylic acids is 1. The molecule has 0 saturated carbocycles. The molecular formula is C24H22N4O. The molecule has 0 radical (unpaired) electrons. The van der Waals surface area contributed by atoms with Crippen LogP contribution in [0.1, 0.15) is 33.0 Å². The van der Waals surface area contributed by atoms with Crippen molar-refractivity contribution in [3.8, 4) is 11.1 Å². The Hall–Kier alpha value is -3.47. The number of aryl methyl sites for hydroxylation is 2. The van der Waals surface area contributed by atoms with Gasteiger partial charge < -0.3 is 9.88 Å². The lowest BCUT2D eigenvalue weighted by atomic mass is 10.00. The zero-order valence-electron chi connectivity index (χ0n) is 16.6. The van der Waals surface area contributed by atoms with Crippen LogP contribution in [0.5, 0.6) is 0 Å². The van der Waals surface area contributed by atoms with Gasteiger partial charge in [-0.2, -0.15) is 0 Å². The SMILES string of the molecule is Cc1ccc(C(=O)N2CCc3[nH]c4ccc(-c5ccc(C)nc5)cc4c3C2)cn1. The molecule has 1 amide bonds. The van der Waals surface area contributed by atoms with Crippen molar-refractivity contribution >= 4 is 16.8 Å². The van der Waals surface area contributed by atoms with Crippen molar-refractivity contribution in [2.24, 2.45) is 0 Å². The number of aromatic nitrogens is 3. The van der Waals surface area contributed by atoms with Gasteiger partial charge in [0, 0.05) is 71.0 Å². The van der Waals surface area contributed by atoms with Crippen LogP contribution in [-0.4, -0.2) is 32.3 Å². The summed E-state index contributed by atoms with van der Waals surface area (Å²) in [6, 6.07) is 14.3. The van der Waals surface area contributed by atoms with Gasteiger partial charge in [-0.25, -0.2) is 0 Å². The molecule has 1 aliphatic rings. The van der Waals surface area contributed by atoms with Gasteiger partial charge in [-0.15, -0.1) is 0 Å². The Kier molecular flexibility index (Phi) is 4.16. The first-order valence-corrected chi connectivity index (χ1v) is 9.87. The van der Waals surface area contributed by atoms with E-state index in [4.69, 9.17) is 0 Å². The molecule has 0 unspecified atom stereocenters. The van der Waals surface area contributed by atoms with Crippen molar-refractivity contribution in [3.05, 3.63) is 83.1 Å². The predicted octanol–water partition coefficient (Wildman–Crippen LogP) is 4.44. The van der Waals surface area contributed by atoms with Gasteiger partial charge in [-0.05, 0) is 49.7 Å². The number of fused-ring (bicyclic) bond motifs is 3. The molecule has 1 N–H and O–H groups in total. The molecule has 0 bridgehead atoms. The van der Waals surface area contributed by atoms with E-state index in [0.717, 1.165) is 34.5 Å². The van der Waals surface area contributed by atoms with Gasteiger partial charge in [0.2, 0.25) is 0 Å². The fraction of sp³-hybridized carbons (Fsp3) is 0.208. The van der Waals surface area contributed by atoms with Crippen LogP contribution in [0.25, 0.3) is 22.0 Å². The van der Waals surface area contributed by atoms with Gasteiger partial charge in [0.15, 0.2) is 0 Å². The highest BCUT2D eigenvalue weighted by Crippen LogP contribution is 2.31. The standard InChI is InChI=1S/C24H22N4O/c1-15-3-5-18(12-25-15)17-7-8-22-20(11-17)21-14-28(10-9-23(21)27-22)24(29)19-6-4-16(2)26-13-19/h3-8,11-13,27H,9-10,14H2,1-2H3. The van der Waals surface area contributed by atoms with Gasteiger partial charge in [0.25, 0.3) is 5.91 Å². The summed E-state index contributed by atoms with van der Waals surface area (Å²) in [5.41, 5.74) is 8.35. The van der Waals surface area contributed by atoms with E-state index in [1.165, 1.54) is 16.6 Å². The second kappa shape index (κ2) is 6.85. The quantitative estimate of drug-likeness (QED) is 0.557. The number of aromatic amines is 1. The number of carbonyl (C=O) groups is 1. The van der Waals surface area contributed by atoms with Gasteiger partial charge in [-0.1, -0.05) is 12.1 Å². The van der Waals surface area contributed by atoms with E-state index >= 15 is 0 Å². The number of hydrogen-bond donors (Lipinski definition) is 1. The number of benzene rings is 1. The normalized spacial score (nSPS) is 13.5. The summed E-state index contributed by atoms with van der Waals surface area (Å²) in [6.07, 6.45) is 4.41. The third-order valence-corrected chi connectivity index (χ3v) is 5.67. The number of hydrogen-bond acceptors (Lipinski definition) is 3. The maximum Gasteiger partial charge on any atom is 0.255 e. The van der Waals surface area contributed by atoms with Crippen LogP contribution in [0.2, 0.25) is 0 Å². The van der Waals surface area contributed by atoms with E-state index in [0.29, 0.717) is 18.7 Å². The van der Waals surface area contributed by atoms with E-state index in [-0.39, 0.29) is 5.91 Å². The van der Waals surface area contributed by atoms with Crippen molar-refractivity contribution in [1.82, 2.24) is 19.9 Å². The minimum absolute atomic E-state index is 0.0383. The highest BCUT2D eigenvalue weighted by Gasteiger charge is 2.25. The molecule has 0 aliphatic carbocycles. The van der Waals surface area contributed by atoms with Crippen molar-refractivity contribution in [3.63, 3.8) is 0 Å². The Morgan fingerprint density at radius 1 is 0.966 bits per heavy atom. The molecule has 0 saturated heterocycles. The van der Waals surface area contributed by atoms with E-state index in [1.807, 2.05) is 43.1 Å². The van der Waals surface area contributed by atoms with E-state index in [2.05, 4.69) is 39.2 Å². The highest BCUT2D eigenvalue weighted by atomic mass is 16.2. The summed E-state index contributed by atoms with van der Waals surface area (Å²) in [6.45, 7) is 5.23. The number of nitrogens with zero attached hydrogens (tertiary/aromatic N) is 3. The monoisotopic (exact) mass is 382 g/mol. The van der Waals surface area contributed by atoms with Crippen molar-refractivity contribution in [2.45, 2.75) is 26.8 Å². The summed E-state index contributed by atoms with van der Waals surface area (Å²) in [7, 11) is 0. The van der Waals surface area contributed by atoms with Gasteiger partial charge in [-0.3, -0.25) is 14.8 Å². The average molecular weight is 382 g/mol. The first-order valence-electron chi connectivity index (χ1n) is 9.87. The van der Waals surface area contributed by atoms with Gasteiger partial charge in [0.1, 0.15) is 0 Å². The van der Waals surface area contributed by atoms with Crippen LogP contribution in [-0.2, 0) is 13.0 Å². The first kappa shape index (κ1) is 17.6. The molecule has 1 aromatic carbocycles. The van der Waals surface area contributed by atoms with Crippen LogP contribution in [0.3, 0.4) is 0 Å². The minimum Gasteiger partial charge on any atom is -0.358 e. The molecule has 5 heteroatoms.